The van der Waals surface area contributed by atoms with E-state index in [2.05, 4.69) is 15.5 Å². The minimum atomic E-state index is -0.748. The molecule has 4 amide bonds. The van der Waals surface area contributed by atoms with Crippen LogP contribution in [0.25, 0.3) is 0 Å². The fraction of sp³-hybridized carbons (Fsp3) is 0.577. The van der Waals surface area contributed by atoms with E-state index in [1.54, 1.807) is 44.2 Å². The van der Waals surface area contributed by atoms with Gasteiger partial charge in [-0.15, -0.1) is 0 Å². The van der Waals surface area contributed by atoms with Crippen LogP contribution in [0.15, 0.2) is 29.5 Å². The van der Waals surface area contributed by atoms with Crippen molar-refractivity contribution in [2.75, 3.05) is 60.1 Å². The highest BCUT2D eigenvalue weighted by Crippen LogP contribution is 2.35. The van der Waals surface area contributed by atoms with E-state index in [0.717, 1.165) is 0 Å². The molecule has 2 aliphatic heterocycles. The van der Waals surface area contributed by atoms with Crippen molar-refractivity contribution in [2.24, 2.45) is 0 Å². The molecule has 2 atom stereocenters. The normalized spacial score (nSPS) is 20.4. The van der Waals surface area contributed by atoms with Crippen LogP contribution in [0.3, 0.4) is 0 Å². The molecule has 0 spiro atoms. The zero-order chi connectivity index (χ0) is 27.1. The number of nitrogens with one attached hydrogen (secondary N) is 2. The zero-order valence-electron chi connectivity index (χ0n) is 22.6. The molecule has 0 bridgehead atoms. The fourth-order valence-corrected chi connectivity index (χ4v) is 4.85. The van der Waals surface area contributed by atoms with E-state index >= 15 is 0 Å². The van der Waals surface area contributed by atoms with Crippen LogP contribution in [0.4, 0.5) is 9.59 Å². The number of carbonyl (C=O) groups excluding carboxylic acids is 3. The Morgan fingerprint density at radius 2 is 1.76 bits per heavy atom. The van der Waals surface area contributed by atoms with Gasteiger partial charge in [0.2, 0.25) is 0 Å². The van der Waals surface area contributed by atoms with Crippen molar-refractivity contribution < 1.29 is 28.6 Å². The number of rotatable bonds is 9. The first-order chi connectivity index (χ1) is 17.8. The Hall–Kier alpha value is -3.47. The maximum absolute atomic E-state index is 13.4. The van der Waals surface area contributed by atoms with Gasteiger partial charge in [0.1, 0.15) is 11.5 Å². The Balaban J connectivity index is 2.03. The summed E-state index contributed by atoms with van der Waals surface area (Å²) in [7, 11) is 3.10. The highest BCUT2D eigenvalue weighted by atomic mass is 16.5. The van der Waals surface area contributed by atoms with Crippen molar-refractivity contribution >= 4 is 18.0 Å². The summed E-state index contributed by atoms with van der Waals surface area (Å²) in [5.41, 5.74) is 1.61. The summed E-state index contributed by atoms with van der Waals surface area (Å²) in [5, 5.41) is 5.83. The molecule has 1 aromatic carbocycles. The van der Waals surface area contributed by atoms with Crippen molar-refractivity contribution in [3.63, 3.8) is 0 Å². The minimum absolute atomic E-state index is 0.0297. The summed E-state index contributed by atoms with van der Waals surface area (Å²) < 4.78 is 16.3. The Morgan fingerprint density at radius 3 is 2.30 bits per heavy atom. The summed E-state index contributed by atoms with van der Waals surface area (Å²) in [4.78, 5) is 44.6. The van der Waals surface area contributed by atoms with Crippen LogP contribution in [0, 0.1) is 0 Å². The van der Waals surface area contributed by atoms with Crippen molar-refractivity contribution in [2.45, 2.75) is 39.8 Å². The van der Waals surface area contributed by atoms with E-state index in [4.69, 9.17) is 14.2 Å². The molecule has 1 aromatic rings. The number of methoxy groups -OCH3 is 2. The average Bonchev–Trinajstić information content (AvgIpc) is 2.88. The Labute approximate surface area is 218 Å². The predicted molar refractivity (Wildman–Crippen MR) is 139 cm³/mol. The summed E-state index contributed by atoms with van der Waals surface area (Å²) in [6, 6.07) is 4.13. The second-order valence-corrected chi connectivity index (χ2v) is 8.97. The molecule has 0 aliphatic carbocycles. The van der Waals surface area contributed by atoms with Gasteiger partial charge < -0.3 is 29.7 Å². The van der Waals surface area contributed by atoms with Gasteiger partial charge in [-0.3, -0.25) is 9.80 Å². The molecule has 37 heavy (non-hydrogen) atoms. The van der Waals surface area contributed by atoms with Gasteiger partial charge in [-0.05, 0) is 45.4 Å². The van der Waals surface area contributed by atoms with Gasteiger partial charge in [0, 0.05) is 57.1 Å². The van der Waals surface area contributed by atoms with Crippen LogP contribution in [0.1, 0.15) is 39.3 Å². The minimum Gasteiger partial charge on any atom is -0.497 e. The molecule has 0 radical (unpaired) electrons. The molecule has 0 saturated carbocycles. The maximum Gasteiger partial charge on any atom is 0.338 e. The molecule has 3 rings (SSSR count). The number of benzene rings is 1. The standard InChI is InChI=1S/C26H39N5O6/c1-7-27-25(33)31-11-10-29(15-17(31)4)16-21-22(24(32)37-9-3)23(28-26(34)30(21)8-2)18-12-19(35-5)14-20(13-18)36-6/h12-14,17,23H,7-11,15-16H2,1-6H3,(H,27,33)(H,28,34). The van der Waals surface area contributed by atoms with Crippen molar-refractivity contribution in [1.29, 1.82) is 0 Å². The first-order valence-electron chi connectivity index (χ1n) is 12.8. The average molecular weight is 518 g/mol. The van der Waals surface area contributed by atoms with Crippen molar-refractivity contribution in [3.05, 3.63) is 35.0 Å². The molecule has 11 heteroatoms. The second kappa shape index (κ2) is 12.7. The van der Waals surface area contributed by atoms with Crippen LogP contribution >= 0.6 is 0 Å². The van der Waals surface area contributed by atoms with Crippen LogP contribution < -0.4 is 20.1 Å². The van der Waals surface area contributed by atoms with Crippen LogP contribution in [0.2, 0.25) is 0 Å². The molecule has 1 fully saturated rings. The lowest BCUT2D eigenvalue weighted by atomic mass is 9.93. The number of hydrogen-bond donors (Lipinski definition) is 2. The summed E-state index contributed by atoms with van der Waals surface area (Å²) in [6.45, 7) is 10.8. The third-order valence-corrected chi connectivity index (χ3v) is 6.63. The molecule has 2 N–H and O–H groups in total. The van der Waals surface area contributed by atoms with E-state index in [-0.39, 0.29) is 24.7 Å². The highest BCUT2D eigenvalue weighted by molar-refractivity contribution is 5.95. The lowest BCUT2D eigenvalue weighted by molar-refractivity contribution is -0.139. The monoisotopic (exact) mass is 517 g/mol. The topological polar surface area (TPSA) is 113 Å². The van der Waals surface area contributed by atoms with Crippen LogP contribution in [-0.4, -0.2) is 98.9 Å². The summed E-state index contributed by atoms with van der Waals surface area (Å²) in [6.07, 6.45) is 0. The van der Waals surface area contributed by atoms with E-state index in [1.165, 1.54) is 0 Å². The number of urea groups is 2. The third kappa shape index (κ3) is 6.27. The van der Waals surface area contributed by atoms with Gasteiger partial charge in [0.25, 0.3) is 0 Å². The number of ether oxygens (including phenoxy) is 3. The van der Waals surface area contributed by atoms with Crippen molar-refractivity contribution in [1.82, 2.24) is 25.3 Å². The van der Waals surface area contributed by atoms with Gasteiger partial charge in [0.05, 0.1) is 32.4 Å². The van der Waals surface area contributed by atoms with Gasteiger partial charge in [0.15, 0.2) is 0 Å². The number of piperazine rings is 1. The first kappa shape index (κ1) is 28.1. The molecule has 204 valence electrons. The fourth-order valence-electron chi connectivity index (χ4n) is 4.85. The number of likely N-dealkylation sites (N-methyl/N-ethyl adjacent to an activating group) is 1. The molecule has 1 saturated heterocycles. The second-order valence-electron chi connectivity index (χ2n) is 8.97. The number of esters is 1. The molecular formula is C26H39N5O6. The molecule has 2 aliphatic rings. The van der Waals surface area contributed by atoms with Gasteiger partial charge in [-0.1, -0.05) is 0 Å². The Bertz CT molecular complexity index is 1010. The number of amides is 4. The number of nitrogens with zero attached hydrogens (tertiary/aromatic N) is 3. The molecule has 0 aromatic heterocycles. The SMILES string of the molecule is CCNC(=O)N1CCN(CC2=C(C(=O)OCC)C(c3cc(OC)cc(OC)c3)NC(=O)N2CC)CC1C. The first-order valence-corrected chi connectivity index (χ1v) is 12.8. The predicted octanol–water partition coefficient (Wildman–Crippen LogP) is 2.34. The van der Waals surface area contributed by atoms with E-state index in [1.807, 2.05) is 25.7 Å². The quantitative estimate of drug-likeness (QED) is 0.484. The number of carbonyl (C=O) groups is 3. The zero-order valence-corrected chi connectivity index (χ0v) is 22.6. The smallest absolute Gasteiger partial charge is 0.338 e. The van der Waals surface area contributed by atoms with Gasteiger partial charge >= 0.3 is 18.0 Å². The molecule has 2 heterocycles. The van der Waals surface area contributed by atoms with E-state index in [9.17, 15) is 14.4 Å². The Morgan fingerprint density at radius 1 is 1.08 bits per heavy atom. The van der Waals surface area contributed by atoms with Gasteiger partial charge in [-0.25, -0.2) is 14.4 Å². The summed E-state index contributed by atoms with van der Waals surface area (Å²) in [5.74, 6) is 0.597. The van der Waals surface area contributed by atoms with Crippen LogP contribution in [0.5, 0.6) is 11.5 Å². The molecular weight excluding hydrogens is 478 g/mol. The summed E-state index contributed by atoms with van der Waals surface area (Å²) >= 11 is 0. The lowest BCUT2D eigenvalue weighted by Gasteiger charge is -2.42. The van der Waals surface area contributed by atoms with E-state index in [0.29, 0.717) is 67.6 Å². The maximum atomic E-state index is 13.4. The van der Waals surface area contributed by atoms with Gasteiger partial charge in [-0.2, -0.15) is 0 Å². The molecule has 2 unspecified atom stereocenters. The lowest BCUT2D eigenvalue weighted by Crippen LogP contribution is -2.58. The highest BCUT2D eigenvalue weighted by Gasteiger charge is 2.39. The van der Waals surface area contributed by atoms with E-state index < -0.39 is 12.0 Å². The largest absolute Gasteiger partial charge is 0.497 e. The van der Waals surface area contributed by atoms with Crippen LogP contribution in [-0.2, 0) is 9.53 Å². The Kier molecular flexibility index (Phi) is 9.62. The number of hydrogen-bond acceptors (Lipinski definition) is 7. The van der Waals surface area contributed by atoms with Crippen molar-refractivity contribution in [3.8, 4) is 11.5 Å². The molecule has 11 nitrogen and oxygen atoms in total. The third-order valence-electron chi connectivity index (χ3n) is 6.63.